The fraction of sp³-hybridized carbons (Fsp3) is 0.130. The van der Waals surface area contributed by atoms with Gasteiger partial charge in [-0.05, 0) is 35.9 Å². The van der Waals surface area contributed by atoms with E-state index in [1.807, 2.05) is 77.7 Å². The number of aliphatic imine (C=N–C) groups is 1. The van der Waals surface area contributed by atoms with Gasteiger partial charge in [0.2, 0.25) is 5.91 Å². The van der Waals surface area contributed by atoms with E-state index in [0.29, 0.717) is 24.5 Å². The molecule has 5 heteroatoms. The summed E-state index contributed by atoms with van der Waals surface area (Å²) < 4.78 is 1.01. The highest BCUT2D eigenvalue weighted by atomic mass is 79.9. The summed E-state index contributed by atoms with van der Waals surface area (Å²) in [5, 5.41) is 0.624. The lowest BCUT2D eigenvalue weighted by Gasteiger charge is -2.28. The van der Waals surface area contributed by atoms with Gasteiger partial charge in [-0.25, -0.2) is 0 Å². The van der Waals surface area contributed by atoms with Gasteiger partial charge in [0.25, 0.3) is 0 Å². The average molecular weight is 454 g/mol. The van der Waals surface area contributed by atoms with Crippen molar-refractivity contribution in [2.75, 3.05) is 11.4 Å². The molecule has 0 unspecified atom stereocenters. The van der Waals surface area contributed by atoms with Crippen molar-refractivity contribution in [3.05, 3.63) is 99.0 Å². The quantitative estimate of drug-likeness (QED) is 0.487. The van der Waals surface area contributed by atoms with E-state index in [9.17, 15) is 4.79 Å². The monoisotopic (exact) mass is 452 g/mol. The first-order valence-corrected chi connectivity index (χ1v) is 10.2. The summed E-state index contributed by atoms with van der Waals surface area (Å²) in [6.07, 6.45) is 0.370. The van der Waals surface area contributed by atoms with Gasteiger partial charge in [-0.3, -0.25) is 9.79 Å². The lowest BCUT2D eigenvalue weighted by molar-refractivity contribution is -0.118. The summed E-state index contributed by atoms with van der Waals surface area (Å²) in [5.41, 5.74) is 4.66. The second-order valence-electron chi connectivity index (χ2n) is 6.61. The maximum atomic E-state index is 12.9. The number of nitrogens with zero attached hydrogens (tertiary/aromatic N) is 2. The molecule has 4 rings (SSSR count). The highest BCUT2D eigenvalue weighted by Gasteiger charge is 2.24. The number of amides is 1. The van der Waals surface area contributed by atoms with Crippen molar-refractivity contribution in [1.29, 1.82) is 0 Å². The van der Waals surface area contributed by atoms with E-state index in [1.54, 1.807) is 0 Å². The van der Waals surface area contributed by atoms with Crippen molar-refractivity contribution >= 4 is 44.8 Å². The number of anilines is 1. The number of benzene rings is 3. The summed E-state index contributed by atoms with van der Waals surface area (Å²) >= 11 is 9.78. The molecule has 0 atom stereocenters. The smallest absolute Gasteiger partial charge is 0.229 e. The van der Waals surface area contributed by atoms with Crippen molar-refractivity contribution in [1.82, 2.24) is 0 Å². The molecule has 0 aromatic heterocycles. The predicted molar refractivity (Wildman–Crippen MR) is 118 cm³/mol. The van der Waals surface area contributed by atoms with Crippen LogP contribution in [0.5, 0.6) is 0 Å². The number of halogens is 2. The average Bonchev–Trinajstić information content (AvgIpc) is 2.71. The zero-order valence-electron chi connectivity index (χ0n) is 15.1. The van der Waals surface area contributed by atoms with E-state index in [0.717, 1.165) is 32.6 Å². The molecule has 140 valence electrons. The molecular formula is C23H18BrClN2O. The number of hydrogen-bond donors (Lipinski definition) is 0. The number of hydrogen-bond acceptors (Lipinski definition) is 2. The topological polar surface area (TPSA) is 32.7 Å². The van der Waals surface area contributed by atoms with Gasteiger partial charge in [0.1, 0.15) is 0 Å². The Bertz CT molecular complexity index is 1030. The summed E-state index contributed by atoms with van der Waals surface area (Å²) in [4.78, 5) is 19.5. The molecule has 0 saturated heterocycles. The van der Waals surface area contributed by atoms with Crippen molar-refractivity contribution in [2.24, 2.45) is 4.99 Å². The minimum atomic E-state index is 0.0577. The lowest BCUT2D eigenvalue weighted by Crippen LogP contribution is -2.33. The van der Waals surface area contributed by atoms with Crippen LogP contribution in [0, 0.1) is 0 Å². The molecule has 0 N–H and O–H groups in total. The van der Waals surface area contributed by atoms with Gasteiger partial charge in [-0.15, -0.1) is 0 Å². The van der Waals surface area contributed by atoms with E-state index in [1.165, 1.54) is 0 Å². The van der Waals surface area contributed by atoms with Gasteiger partial charge in [-0.1, -0.05) is 70.0 Å². The molecule has 1 aliphatic heterocycles. The molecule has 0 radical (unpaired) electrons. The van der Waals surface area contributed by atoms with Crippen LogP contribution in [0.3, 0.4) is 0 Å². The second-order valence-corrected chi connectivity index (χ2v) is 7.97. The number of carbonyl (C=O) groups is 1. The van der Waals surface area contributed by atoms with Gasteiger partial charge in [-0.2, -0.15) is 0 Å². The van der Waals surface area contributed by atoms with E-state index in [4.69, 9.17) is 16.6 Å². The molecule has 0 bridgehead atoms. The first kappa shape index (κ1) is 18.9. The first-order chi connectivity index (χ1) is 13.6. The van der Waals surface area contributed by atoms with Crippen molar-refractivity contribution in [2.45, 2.75) is 13.0 Å². The third-order valence-electron chi connectivity index (χ3n) is 4.70. The fourth-order valence-electron chi connectivity index (χ4n) is 3.34. The molecule has 1 aliphatic rings. The summed E-state index contributed by atoms with van der Waals surface area (Å²) in [7, 11) is 0. The molecule has 1 heterocycles. The summed E-state index contributed by atoms with van der Waals surface area (Å²) in [5.74, 6) is 0.0577. The van der Waals surface area contributed by atoms with Crippen molar-refractivity contribution < 1.29 is 4.79 Å². The largest absolute Gasteiger partial charge is 0.307 e. The maximum Gasteiger partial charge on any atom is 0.229 e. The Morgan fingerprint density at radius 2 is 1.75 bits per heavy atom. The Balaban J connectivity index is 1.82. The normalized spacial score (nSPS) is 14.1. The molecule has 3 aromatic carbocycles. The lowest BCUT2D eigenvalue weighted by atomic mass is 9.98. The third kappa shape index (κ3) is 4.03. The molecule has 0 spiro atoms. The van der Waals surface area contributed by atoms with E-state index in [2.05, 4.69) is 15.9 Å². The molecule has 28 heavy (non-hydrogen) atoms. The van der Waals surface area contributed by atoms with Crippen LogP contribution < -0.4 is 4.90 Å². The standard InChI is InChI=1S/C23H18BrClN2O/c24-18-8-6-16(7-9-18)15-27-21-11-10-19(25)14-20(21)23(26-13-12-22(27)28)17-4-2-1-3-5-17/h1-11,14H,12-13,15H2. The molecule has 0 aliphatic carbocycles. The van der Waals surface area contributed by atoms with E-state index < -0.39 is 0 Å². The van der Waals surface area contributed by atoms with Crippen molar-refractivity contribution in [3.8, 4) is 0 Å². The van der Waals surface area contributed by atoms with Crippen LogP contribution in [0.25, 0.3) is 0 Å². The predicted octanol–water partition coefficient (Wildman–Crippen LogP) is 5.88. The maximum absolute atomic E-state index is 12.9. The zero-order valence-corrected chi connectivity index (χ0v) is 17.5. The van der Waals surface area contributed by atoms with E-state index in [-0.39, 0.29) is 5.91 Å². The van der Waals surface area contributed by atoms with Gasteiger partial charge in [0.15, 0.2) is 0 Å². The van der Waals surface area contributed by atoms with Crippen LogP contribution in [0.15, 0.2) is 82.3 Å². The minimum absolute atomic E-state index is 0.0577. The Morgan fingerprint density at radius 1 is 1.00 bits per heavy atom. The molecular weight excluding hydrogens is 436 g/mol. The number of rotatable bonds is 3. The van der Waals surface area contributed by atoms with Crippen LogP contribution in [0.1, 0.15) is 23.1 Å². The molecule has 3 aromatic rings. The third-order valence-corrected chi connectivity index (χ3v) is 5.47. The molecule has 0 fully saturated rings. The fourth-order valence-corrected chi connectivity index (χ4v) is 3.78. The van der Waals surface area contributed by atoms with Gasteiger partial charge in [0, 0.05) is 33.6 Å². The van der Waals surface area contributed by atoms with Gasteiger partial charge < -0.3 is 4.90 Å². The highest BCUT2D eigenvalue weighted by Crippen LogP contribution is 2.30. The minimum Gasteiger partial charge on any atom is -0.307 e. The Morgan fingerprint density at radius 3 is 2.50 bits per heavy atom. The van der Waals surface area contributed by atoms with Crippen molar-refractivity contribution in [3.63, 3.8) is 0 Å². The Labute approximate surface area is 177 Å². The molecule has 1 amide bonds. The SMILES string of the molecule is O=C1CCN=C(c2ccccc2)c2cc(Cl)ccc2N1Cc1ccc(Br)cc1. The van der Waals surface area contributed by atoms with Gasteiger partial charge >= 0.3 is 0 Å². The molecule has 0 saturated carbocycles. The number of carbonyl (C=O) groups excluding carboxylic acids is 1. The van der Waals surface area contributed by atoms with E-state index >= 15 is 0 Å². The second kappa shape index (κ2) is 8.29. The van der Waals surface area contributed by atoms with Crippen LogP contribution >= 0.6 is 27.5 Å². The van der Waals surface area contributed by atoms with Crippen LogP contribution in [-0.4, -0.2) is 18.2 Å². The van der Waals surface area contributed by atoms with Crippen LogP contribution in [0.2, 0.25) is 5.02 Å². The number of fused-ring (bicyclic) bond motifs is 1. The summed E-state index contributed by atoms with van der Waals surface area (Å²) in [6.45, 7) is 0.953. The first-order valence-electron chi connectivity index (χ1n) is 9.06. The zero-order chi connectivity index (χ0) is 19.5. The van der Waals surface area contributed by atoms with Gasteiger partial charge in [0.05, 0.1) is 17.9 Å². The highest BCUT2D eigenvalue weighted by molar-refractivity contribution is 9.10. The van der Waals surface area contributed by atoms with Crippen LogP contribution in [-0.2, 0) is 11.3 Å². The molecule has 3 nitrogen and oxygen atoms in total. The Hall–Kier alpha value is -2.43. The summed E-state index contributed by atoms with van der Waals surface area (Å²) in [6, 6.07) is 23.7. The van der Waals surface area contributed by atoms with Crippen LogP contribution in [0.4, 0.5) is 5.69 Å². The Kier molecular flexibility index (Phi) is 5.60.